The quantitative estimate of drug-likeness (QED) is 0.342. The Hall–Kier alpha value is -2.14. The van der Waals surface area contributed by atoms with Crippen molar-refractivity contribution in [1.82, 2.24) is 0 Å². The van der Waals surface area contributed by atoms with Crippen LogP contribution in [0.3, 0.4) is 0 Å². The van der Waals surface area contributed by atoms with Gasteiger partial charge in [-0.25, -0.2) is 0 Å². The van der Waals surface area contributed by atoms with E-state index in [4.69, 9.17) is 0 Å². The fraction of sp³-hybridized carbons (Fsp3) is 0.417. The molecular weight excluding hydrogens is 432 g/mol. The van der Waals surface area contributed by atoms with Gasteiger partial charge in [-0.05, 0) is 94.6 Å². The Morgan fingerprint density at radius 3 is 2.41 bits per heavy atom. The Morgan fingerprint density at radius 2 is 1.79 bits per heavy atom. The summed E-state index contributed by atoms with van der Waals surface area (Å²) < 4.78 is 0.367. The first-order valence-electron chi connectivity index (χ1n) is 9.96. The number of hydrogen-bond donors (Lipinski definition) is 4. The van der Waals surface area contributed by atoms with E-state index in [-0.39, 0.29) is 40.2 Å². The van der Waals surface area contributed by atoms with E-state index in [0.717, 1.165) is 28.7 Å². The van der Waals surface area contributed by atoms with Gasteiger partial charge >= 0.3 is 0 Å². The van der Waals surface area contributed by atoms with Gasteiger partial charge in [-0.15, -0.1) is 0 Å². The lowest BCUT2D eigenvalue weighted by atomic mass is 9.46. The standard InChI is InChI=1S/C24H27BrO4/c1-11(2)5-7-13-18-14(23(29)21(25)22(13)28)10-15-19(18)20(24(15,3)4)12-6-8-16(26)17(27)9-12/h5-6,8-9,15,19-20,26-29H,7,10H2,1-4H3/t15-,19-,20-/m1/s1. The van der Waals surface area contributed by atoms with E-state index in [9.17, 15) is 20.4 Å². The molecule has 154 valence electrons. The highest BCUT2D eigenvalue weighted by Crippen LogP contribution is 2.71. The molecule has 0 saturated heterocycles. The Bertz CT molecular complexity index is 1030. The maximum absolute atomic E-state index is 10.8. The second-order valence-electron chi connectivity index (χ2n) is 9.25. The summed E-state index contributed by atoms with van der Waals surface area (Å²) in [7, 11) is 0. The number of fused-ring (bicyclic) bond motifs is 3. The molecule has 4 nitrogen and oxygen atoms in total. The maximum atomic E-state index is 10.8. The van der Waals surface area contributed by atoms with Gasteiger partial charge < -0.3 is 20.4 Å². The zero-order valence-electron chi connectivity index (χ0n) is 17.1. The number of phenols is 4. The summed E-state index contributed by atoms with van der Waals surface area (Å²) >= 11 is 3.38. The number of halogens is 1. The largest absolute Gasteiger partial charge is 0.506 e. The second-order valence-corrected chi connectivity index (χ2v) is 10.0. The lowest BCUT2D eigenvalue weighted by molar-refractivity contribution is 0.0122. The highest BCUT2D eigenvalue weighted by molar-refractivity contribution is 9.10. The van der Waals surface area contributed by atoms with E-state index in [0.29, 0.717) is 16.8 Å². The summed E-state index contributed by atoms with van der Waals surface area (Å²) in [5.74, 6) is 0.597. The molecule has 0 bridgehead atoms. The molecule has 0 heterocycles. The molecule has 1 fully saturated rings. The minimum atomic E-state index is -0.127. The zero-order valence-corrected chi connectivity index (χ0v) is 18.7. The Balaban J connectivity index is 1.89. The lowest BCUT2D eigenvalue weighted by Gasteiger charge is -2.57. The maximum Gasteiger partial charge on any atom is 0.157 e. The van der Waals surface area contributed by atoms with Crippen molar-refractivity contribution in [2.24, 2.45) is 11.3 Å². The third kappa shape index (κ3) is 2.85. The van der Waals surface area contributed by atoms with E-state index in [1.54, 1.807) is 6.07 Å². The normalized spacial score (nSPS) is 23.8. The Kier molecular flexibility index (Phi) is 4.65. The van der Waals surface area contributed by atoms with Gasteiger partial charge in [0.1, 0.15) is 16.0 Å². The first-order chi connectivity index (χ1) is 13.6. The van der Waals surface area contributed by atoms with Crippen LogP contribution in [0.2, 0.25) is 0 Å². The molecular formula is C24H27BrO4. The fourth-order valence-corrected chi connectivity index (χ4v) is 6.03. The van der Waals surface area contributed by atoms with Crippen LogP contribution in [-0.2, 0) is 12.8 Å². The van der Waals surface area contributed by atoms with Crippen LogP contribution >= 0.6 is 15.9 Å². The van der Waals surface area contributed by atoms with Crippen molar-refractivity contribution in [2.45, 2.75) is 52.4 Å². The van der Waals surface area contributed by atoms with Crippen molar-refractivity contribution in [1.29, 1.82) is 0 Å². The van der Waals surface area contributed by atoms with Crippen LogP contribution in [0.5, 0.6) is 23.0 Å². The number of benzene rings is 2. The molecule has 1 saturated carbocycles. The van der Waals surface area contributed by atoms with Crippen LogP contribution in [0, 0.1) is 11.3 Å². The summed E-state index contributed by atoms with van der Waals surface area (Å²) in [6.07, 6.45) is 3.46. The van der Waals surface area contributed by atoms with E-state index in [2.05, 4.69) is 35.9 Å². The van der Waals surface area contributed by atoms with E-state index in [1.807, 2.05) is 19.9 Å². The molecule has 2 aliphatic carbocycles. The van der Waals surface area contributed by atoms with Crippen molar-refractivity contribution in [3.63, 3.8) is 0 Å². The summed E-state index contributed by atoms with van der Waals surface area (Å²) in [5, 5.41) is 41.4. The molecule has 0 aliphatic heterocycles. The van der Waals surface area contributed by atoms with Crippen LogP contribution in [0.4, 0.5) is 0 Å². The van der Waals surface area contributed by atoms with Gasteiger partial charge in [-0.3, -0.25) is 0 Å². The molecule has 0 spiro atoms. The average molecular weight is 459 g/mol. The predicted molar refractivity (Wildman–Crippen MR) is 117 cm³/mol. The van der Waals surface area contributed by atoms with E-state index in [1.165, 1.54) is 11.6 Å². The van der Waals surface area contributed by atoms with Gasteiger partial charge in [0.15, 0.2) is 11.5 Å². The summed E-state index contributed by atoms with van der Waals surface area (Å²) in [5.41, 5.74) is 4.92. The molecule has 0 amide bonds. The molecule has 0 aromatic heterocycles. The summed E-state index contributed by atoms with van der Waals surface area (Å²) in [4.78, 5) is 0. The monoisotopic (exact) mass is 458 g/mol. The van der Waals surface area contributed by atoms with Gasteiger partial charge in [0.2, 0.25) is 0 Å². The van der Waals surface area contributed by atoms with E-state index < -0.39 is 0 Å². The van der Waals surface area contributed by atoms with Crippen molar-refractivity contribution in [3.8, 4) is 23.0 Å². The molecule has 0 radical (unpaired) electrons. The number of rotatable bonds is 3. The third-order valence-corrected chi connectivity index (χ3v) is 7.77. The highest BCUT2D eigenvalue weighted by Gasteiger charge is 2.61. The molecule has 2 aliphatic rings. The number of allylic oxidation sites excluding steroid dienone is 2. The average Bonchev–Trinajstić information content (AvgIpc) is 3.00. The van der Waals surface area contributed by atoms with Crippen molar-refractivity contribution in [2.75, 3.05) is 0 Å². The summed E-state index contributed by atoms with van der Waals surface area (Å²) in [6, 6.07) is 5.04. The highest BCUT2D eigenvalue weighted by atomic mass is 79.9. The molecule has 2 aromatic rings. The van der Waals surface area contributed by atoms with Crippen molar-refractivity contribution < 1.29 is 20.4 Å². The SMILES string of the molecule is CC(C)=CCc1c(O)c(Br)c(O)c2c1[C@H]1[C@@H](C2)C(C)(C)[C@@H]1c1ccc(O)c(O)c1. The molecule has 4 rings (SSSR count). The van der Waals surface area contributed by atoms with Crippen LogP contribution in [-0.4, -0.2) is 20.4 Å². The molecule has 5 heteroatoms. The molecule has 0 unspecified atom stereocenters. The Labute approximate surface area is 179 Å². The molecule has 2 aromatic carbocycles. The zero-order chi connectivity index (χ0) is 21.2. The van der Waals surface area contributed by atoms with Gasteiger partial charge in [0.25, 0.3) is 0 Å². The number of aromatic hydroxyl groups is 4. The van der Waals surface area contributed by atoms with Crippen molar-refractivity contribution in [3.05, 3.63) is 56.6 Å². The van der Waals surface area contributed by atoms with Gasteiger partial charge in [-0.1, -0.05) is 31.6 Å². The van der Waals surface area contributed by atoms with Gasteiger partial charge in [0, 0.05) is 5.56 Å². The molecule has 4 N–H and O–H groups in total. The molecule has 29 heavy (non-hydrogen) atoms. The topological polar surface area (TPSA) is 80.9 Å². The minimum absolute atomic E-state index is 0.0462. The lowest BCUT2D eigenvalue weighted by Crippen LogP contribution is -2.48. The van der Waals surface area contributed by atoms with Crippen LogP contribution < -0.4 is 0 Å². The van der Waals surface area contributed by atoms with Crippen LogP contribution in [0.15, 0.2) is 34.3 Å². The Morgan fingerprint density at radius 1 is 1.10 bits per heavy atom. The second kappa shape index (κ2) is 6.69. The molecule has 3 atom stereocenters. The van der Waals surface area contributed by atoms with Gasteiger partial charge in [0.05, 0.1) is 0 Å². The predicted octanol–water partition coefficient (Wildman–Crippen LogP) is 5.86. The number of hydrogen-bond acceptors (Lipinski definition) is 4. The van der Waals surface area contributed by atoms with Crippen molar-refractivity contribution >= 4 is 15.9 Å². The minimum Gasteiger partial charge on any atom is -0.506 e. The first-order valence-corrected chi connectivity index (χ1v) is 10.7. The first kappa shape index (κ1) is 20.1. The fourth-order valence-electron chi connectivity index (χ4n) is 5.55. The third-order valence-electron chi connectivity index (χ3n) is 7.02. The van der Waals surface area contributed by atoms with E-state index >= 15 is 0 Å². The smallest absolute Gasteiger partial charge is 0.157 e. The van der Waals surface area contributed by atoms with Crippen LogP contribution in [0.1, 0.15) is 61.8 Å². The summed E-state index contributed by atoms with van der Waals surface area (Å²) in [6.45, 7) is 8.50. The number of phenolic OH excluding ortho intramolecular Hbond substituents is 4. The van der Waals surface area contributed by atoms with Crippen LogP contribution in [0.25, 0.3) is 0 Å². The van der Waals surface area contributed by atoms with Gasteiger partial charge in [-0.2, -0.15) is 0 Å².